The zero-order chi connectivity index (χ0) is 32.6. The summed E-state index contributed by atoms with van der Waals surface area (Å²) in [6.45, 7) is 0. The summed E-state index contributed by atoms with van der Waals surface area (Å²) in [6.07, 6.45) is 0. The zero-order valence-electron chi connectivity index (χ0n) is 26.6. The van der Waals surface area contributed by atoms with Crippen molar-refractivity contribution in [1.82, 2.24) is 9.97 Å². The quantitative estimate of drug-likeness (QED) is 0.180. The highest BCUT2D eigenvalue weighted by molar-refractivity contribution is 7.26. The van der Waals surface area contributed by atoms with Gasteiger partial charge in [0.15, 0.2) is 5.82 Å². The van der Waals surface area contributed by atoms with E-state index in [9.17, 15) is 0 Å². The molecule has 0 atom stereocenters. The number of benzene rings is 7. The first-order valence-corrected chi connectivity index (χ1v) is 17.3. The second-order valence-electron chi connectivity index (χ2n) is 12.2. The molecule has 0 amide bonds. The van der Waals surface area contributed by atoms with Crippen LogP contribution in [-0.4, -0.2) is 9.97 Å². The fourth-order valence-corrected chi connectivity index (χ4v) is 7.75. The molecule has 2 aromatic heterocycles. The Bertz CT molecular complexity index is 2590. The SMILES string of the molecule is c1ccc(-c2ccc(-c3nc(-c4cccc(-c5cccc(-c6cccc(-c7ccccc7)c6)c5)c4)nc4c3sc3ccccc34)cc2)cc1. The van der Waals surface area contributed by atoms with Crippen LogP contribution in [-0.2, 0) is 0 Å². The second-order valence-corrected chi connectivity index (χ2v) is 13.3. The van der Waals surface area contributed by atoms with Gasteiger partial charge >= 0.3 is 0 Å². The summed E-state index contributed by atoms with van der Waals surface area (Å²) in [5.74, 6) is 0.728. The van der Waals surface area contributed by atoms with E-state index in [4.69, 9.17) is 9.97 Å². The van der Waals surface area contributed by atoms with Crippen molar-refractivity contribution in [3.05, 3.63) is 182 Å². The van der Waals surface area contributed by atoms with E-state index >= 15 is 0 Å². The number of thiophene rings is 1. The van der Waals surface area contributed by atoms with Gasteiger partial charge in [0.2, 0.25) is 0 Å². The lowest BCUT2D eigenvalue weighted by Gasteiger charge is -2.11. The van der Waals surface area contributed by atoms with Crippen molar-refractivity contribution in [2.45, 2.75) is 0 Å². The topological polar surface area (TPSA) is 25.8 Å². The van der Waals surface area contributed by atoms with Crippen LogP contribution >= 0.6 is 11.3 Å². The summed E-state index contributed by atoms with van der Waals surface area (Å²) in [6, 6.07) is 64.5. The Labute approximate surface area is 289 Å². The standard InChI is InChI=1S/C46H30N2S/c1-3-12-31(13-4-1)33-24-26-34(27-25-33)43-45-44(41-22-7-8-23-42(41)49-45)48-46(47-43)40-21-11-20-39(30-40)38-19-10-18-37(29-38)36-17-9-16-35(28-36)32-14-5-2-6-15-32/h1-30H. The molecule has 9 aromatic rings. The number of hydrogen-bond acceptors (Lipinski definition) is 3. The summed E-state index contributed by atoms with van der Waals surface area (Å²) in [5, 5.41) is 1.16. The number of fused-ring (bicyclic) bond motifs is 3. The summed E-state index contributed by atoms with van der Waals surface area (Å²) in [7, 11) is 0. The van der Waals surface area contributed by atoms with Crippen LogP contribution in [0.4, 0.5) is 0 Å². The molecule has 7 aromatic carbocycles. The first-order valence-electron chi connectivity index (χ1n) is 16.5. The van der Waals surface area contributed by atoms with Gasteiger partial charge < -0.3 is 0 Å². The largest absolute Gasteiger partial charge is 0.226 e. The molecule has 230 valence electrons. The van der Waals surface area contributed by atoms with Crippen LogP contribution in [0.3, 0.4) is 0 Å². The van der Waals surface area contributed by atoms with E-state index in [2.05, 4.69) is 182 Å². The molecule has 0 radical (unpaired) electrons. The van der Waals surface area contributed by atoms with Crippen molar-refractivity contribution in [2.24, 2.45) is 0 Å². The minimum Gasteiger partial charge on any atom is -0.226 e. The van der Waals surface area contributed by atoms with Crippen LogP contribution in [0.15, 0.2) is 182 Å². The molecular weight excluding hydrogens is 613 g/mol. The third-order valence-electron chi connectivity index (χ3n) is 9.10. The Morgan fingerprint density at radius 3 is 1.37 bits per heavy atom. The minimum atomic E-state index is 0.728. The van der Waals surface area contributed by atoms with Gasteiger partial charge in [0, 0.05) is 21.2 Å². The molecule has 0 aliphatic heterocycles. The van der Waals surface area contributed by atoms with Gasteiger partial charge in [-0.1, -0.05) is 158 Å². The summed E-state index contributed by atoms with van der Waals surface area (Å²) in [5.41, 5.74) is 13.5. The highest BCUT2D eigenvalue weighted by atomic mass is 32.1. The molecule has 0 bridgehead atoms. The van der Waals surface area contributed by atoms with E-state index in [-0.39, 0.29) is 0 Å². The number of hydrogen-bond donors (Lipinski definition) is 0. The Hall–Kier alpha value is -6.16. The number of nitrogens with zero attached hydrogens (tertiary/aromatic N) is 2. The predicted molar refractivity (Wildman–Crippen MR) is 208 cm³/mol. The summed E-state index contributed by atoms with van der Waals surface area (Å²) >= 11 is 1.76. The maximum absolute atomic E-state index is 5.28. The fraction of sp³-hybridized carbons (Fsp3) is 0. The van der Waals surface area contributed by atoms with E-state index in [1.54, 1.807) is 11.3 Å². The highest BCUT2D eigenvalue weighted by Gasteiger charge is 2.17. The third-order valence-corrected chi connectivity index (χ3v) is 10.3. The van der Waals surface area contributed by atoms with Crippen molar-refractivity contribution in [1.29, 1.82) is 0 Å². The van der Waals surface area contributed by atoms with Gasteiger partial charge in [-0.3, -0.25) is 0 Å². The van der Waals surface area contributed by atoms with Crippen molar-refractivity contribution in [2.75, 3.05) is 0 Å². The highest BCUT2D eigenvalue weighted by Crippen LogP contribution is 2.40. The fourth-order valence-electron chi connectivity index (χ4n) is 6.59. The van der Waals surface area contributed by atoms with E-state index in [0.717, 1.165) is 49.4 Å². The molecule has 9 rings (SSSR count). The zero-order valence-corrected chi connectivity index (χ0v) is 27.4. The van der Waals surface area contributed by atoms with Crippen molar-refractivity contribution in [3.8, 4) is 67.2 Å². The smallest absolute Gasteiger partial charge is 0.160 e. The van der Waals surface area contributed by atoms with Crippen molar-refractivity contribution >= 4 is 31.6 Å². The molecule has 49 heavy (non-hydrogen) atoms. The van der Waals surface area contributed by atoms with Crippen LogP contribution in [0.25, 0.3) is 87.5 Å². The minimum absolute atomic E-state index is 0.728. The summed E-state index contributed by atoms with van der Waals surface area (Å²) < 4.78 is 2.33. The molecule has 0 aliphatic carbocycles. The Morgan fingerprint density at radius 1 is 0.327 bits per heavy atom. The van der Waals surface area contributed by atoms with Gasteiger partial charge in [0.1, 0.15) is 0 Å². The maximum atomic E-state index is 5.28. The third kappa shape index (κ3) is 5.61. The van der Waals surface area contributed by atoms with E-state index in [1.165, 1.54) is 38.1 Å². The molecule has 0 saturated carbocycles. The van der Waals surface area contributed by atoms with Crippen LogP contribution in [0.5, 0.6) is 0 Å². The second kappa shape index (κ2) is 12.5. The molecule has 0 fully saturated rings. The van der Waals surface area contributed by atoms with Crippen molar-refractivity contribution in [3.63, 3.8) is 0 Å². The van der Waals surface area contributed by atoms with Gasteiger partial charge in [0.25, 0.3) is 0 Å². The predicted octanol–water partition coefficient (Wildman–Crippen LogP) is 12.8. The van der Waals surface area contributed by atoms with Gasteiger partial charge in [-0.05, 0) is 68.8 Å². The van der Waals surface area contributed by atoms with Gasteiger partial charge in [-0.25, -0.2) is 9.97 Å². The normalized spacial score (nSPS) is 11.3. The van der Waals surface area contributed by atoms with Gasteiger partial charge in [-0.15, -0.1) is 11.3 Å². The van der Waals surface area contributed by atoms with E-state index in [0.29, 0.717) is 0 Å². The lowest BCUT2D eigenvalue weighted by atomic mass is 9.95. The Morgan fingerprint density at radius 2 is 0.755 bits per heavy atom. The van der Waals surface area contributed by atoms with E-state index < -0.39 is 0 Å². The van der Waals surface area contributed by atoms with Crippen LogP contribution in [0, 0.1) is 0 Å². The molecule has 2 nitrogen and oxygen atoms in total. The van der Waals surface area contributed by atoms with Crippen LogP contribution < -0.4 is 0 Å². The maximum Gasteiger partial charge on any atom is 0.160 e. The lowest BCUT2D eigenvalue weighted by molar-refractivity contribution is 1.24. The average molecular weight is 643 g/mol. The van der Waals surface area contributed by atoms with Crippen LogP contribution in [0.2, 0.25) is 0 Å². The molecule has 2 heterocycles. The Kier molecular flexibility index (Phi) is 7.38. The van der Waals surface area contributed by atoms with Gasteiger partial charge in [-0.2, -0.15) is 0 Å². The van der Waals surface area contributed by atoms with Gasteiger partial charge in [0.05, 0.1) is 15.9 Å². The molecule has 0 unspecified atom stereocenters. The number of aromatic nitrogens is 2. The van der Waals surface area contributed by atoms with Crippen LogP contribution in [0.1, 0.15) is 0 Å². The first-order chi connectivity index (χ1) is 24.3. The molecule has 3 heteroatoms. The van der Waals surface area contributed by atoms with E-state index in [1.807, 2.05) is 0 Å². The molecule has 0 spiro atoms. The molecule has 0 aliphatic rings. The Balaban J connectivity index is 1.12. The molecule has 0 saturated heterocycles. The monoisotopic (exact) mass is 642 g/mol. The van der Waals surface area contributed by atoms with Crippen molar-refractivity contribution < 1.29 is 0 Å². The lowest BCUT2D eigenvalue weighted by Crippen LogP contribution is -1.94. The average Bonchev–Trinajstić information content (AvgIpc) is 3.57. The first kappa shape index (κ1) is 29.0. The molecule has 0 N–H and O–H groups in total. The molecular formula is C46H30N2S. The summed E-state index contributed by atoms with van der Waals surface area (Å²) in [4.78, 5) is 10.5. The number of rotatable bonds is 6.